The quantitative estimate of drug-likeness (QED) is 0.853. The first kappa shape index (κ1) is 11.9. The number of pyridine rings is 1. The minimum absolute atomic E-state index is 0.170. The monoisotopic (exact) mass is 270 g/mol. The van der Waals surface area contributed by atoms with Gasteiger partial charge in [-0.2, -0.15) is 5.10 Å². The Hall–Kier alpha value is -1.59. The summed E-state index contributed by atoms with van der Waals surface area (Å²) in [4.78, 5) is 15.6. The van der Waals surface area contributed by atoms with Crippen LogP contribution in [-0.4, -0.2) is 20.7 Å². The van der Waals surface area contributed by atoms with E-state index >= 15 is 0 Å². The zero-order valence-corrected chi connectivity index (χ0v) is 10.3. The molecule has 2 heterocycles. The Balaban J connectivity index is 2.20. The Morgan fingerprint density at radius 1 is 1.47 bits per heavy atom. The van der Waals surface area contributed by atoms with Crippen LogP contribution < -0.4 is 5.32 Å². The van der Waals surface area contributed by atoms with Crippen molar-refractivity contribution in [3.63, 3.8) is 0 Å². The lowest BCUT2D eigenvalue weighted by atomic mass is 10.2. The lowest BCUT2D eigenvalue weighted by molar-refractivity contribution is 0.102. The predicted octanol–water partition coefficient (Wildman–Crippen LogP) is 2.37. The highest BCUT2D eigenvalue weighted by Gasteiger charge is 2.10. The van der Waals surface area contributed by atoms with Crippen LogP contribution in [0.5, 0.6) is 0 Å². The highest BCUT2D eigenvalue weighted by Crippen LogP contribution is 2.20. The van der Waals surface area contributed by atoms with Gasteiger partial charge in [-0.3, -0.25) is 9.48 Å². The summed E-state index contributed by atoms with van der Waals surface area (Å²) in [5.74, 6) is 0.265. The minimum Gasteiger partial charge on any atom is -0.307 e. The molecule has 17 heavy (non-hydrogen) atoms. The van der Waals surface area contributed by atoms with Gasteiger partial charge >= 0.3 is 0 Å². The predicted molar refractivity (Wildman–Crippen MR) is 65.4 cm³/mol. The molecule has 1 N–H and O–H groups in total. The number of amides is 1. The molecule has 0 aliphatic carbocycles. The van der Waals surface area contributed by atoms with Crippen LogP contribution in [0.25, 0.3) is 0 Å². The van der Waals surface area contributed by atoms with E-state index in [4.69, 9.17) is 23.2 Å². The molecule has 5 nitrogen and oxygen atoms in total. The number of aromatic nitrogens is 3. The van der Waals surface area contributed by atoms with Gasteiger partial charge in [0.25, 0.3) is 5.91 Å². The third-order valence-electron chi connectivity index (χ3n) is 2.12. The molecule has 2 aromatic rings. The van der Waals surface area contributed by atoms with E-state index < -0.39 is 0 Å². The van der Waals surface area contributed by atoms with Gasteiger partial charge in [-0.1, -0.05) is 23.2 Å². The average Bonchev–Trinajstić information content (AvgIpc) is 2.68. The maximum atomic E-state index is 11.8. The van der Waals surface area contributed by atoms with E-state index in [9.17, 15) is 4.79 Å². The number of anilines is 1. The van der Waals surface area contributed by atoms with Gasteiger partial charge in [0.15, 0.2) is 0 Å². The van der Waals surface area contributed by atoms with Gasteiger partial charge < -0.3 is 5.32 Å². The van der Waals surface area contributed by atoms with Crippen LogP contribution in [0, 0.1) is 0 Å². The van der Waals surface area contributed by atoms with Crippen LogP contribution in [-0.2, 0) is 7.05 Å². The summed E-state index contributed by atoms with van der Waals surface area (Å²) < 4.78 is 1.54. The molecule has 7 heteroatoms. The Morgan fingerprint density at radius 2 is 2.24 bits per heavy atom. The maximum Gasteiger partial charge on any atom is 0.258 e. The second kappa shape index (κ2) is 4.73. The zero-order valence-electron chi connectivity index (χ0n) is 8.82. The van der Waals surface area contributed by atoms with Gasteiger partial charge in [-0.15, -0.1) is 0 Å². The fourth-order valence-electron chi connectivity index (χ4n) is 1.23. The molecule has 0 aromatic carbocycles. The van der Waals surface area contributed by atoms with Gasteiger partial charge in [-0.05, 0) is 6.07 Å². The fraction of sp³-hybridized carbons (Fsp3) is 0.100. The Bertz CT molecular complexity index is 567. The van der Waals surface area contributed by atoms with Gasteiger partial charge in [0, 0.05) is 19.3 Å². The SMILES string of the molecule is Cn1nccc1NC(=O)c1cnc(Cl)c(Cl)c1. The van der Waals surface area contributed by atoms with E-state index in [-0.39, 0.29) is 16.1 Å². The van der Waals surface area contributed by atoms with Crippen LogP contribution in [0.2, 0.25) is 10.2 Å². The molecule has 0 bridgehead atoms. The molecular weight excluding hydrogens is 263 g/mol. The average molecular weight is 271 g/mol. The standard InChI is InChI=1S/C10H8Cl2N4O/c1-16-8(2-3-14-16)15-10(17)6-4-7(11)9(12)13-5-6/h2-5H,1H3,(H,15,17). The molecule has 0 spiro atoms. The second-order valence-electron chi connectivity index (χ2n) is 3.29. The van der Waals surface area contributed by atoms with E-state index in [0.717, 1.165) is 0 Å². The third kappa shape index (κ3) is 2.57. The van der Waals surface area contributed by atoms with Crippen molar-refractivity contribution in [3.8, 4) is 0 Å². The van der Waals surface area contributed by atoms with Crippen LogP contribution in [0.1, 0.15) is 10.4 Å². The lowest BCUT2D eigenvalue weighted by Gasteiger charge is -2.05. The van der Waals surface area contributed by atoms with Crippen molar-refractivity contribution in [2.75, 3.05) is 5.32 Å². The van der Waals surface area contributed by atoms with Gasteiger partial charge in [0.1, 0.15) is 11.0 Å². The summed E-state index contributed by atoms with van der Waals surface area (Å²) in [5.41, 5.74) is 0.334. The van der Waals surface area contributed by atoms with E-state index in [2.05, 4.69) is 15.4 Å². The van der Waals surface area contributed by atoms with Crippen LogP contribution >= 0.6 is 23.2 Å². The highest BCUT2D eigenvalue weighted by molar-refractivity contribution is 6.41. The van der Waals surface area contributed by atoms with Crippen molar-refractivity contribution in [2.24, 2.45) is 7.05 Å². The number of halogens is 2. The molecule has 0 aliphatic rings. The number of rotatable bonds is 2. The molecule has 1 amide bonds. The molecule has 0 unspecified atom stereocenters. The first-order chi connectivity index (χ1) is 8.08. The summed E-state index contributed by atoms with van der Waals surface area (Å²) in [7, 11) is 1.72. The van der Waals surface area contributed by atoms with Gasteiger partial charge in [0.05, 0.1) is 16.8 Å². The van der Waals surface area contributed by atoms with Crippen LogP contribution in [0.3, 0.4) is 0 Å². The summed E-state index contributed by atoms with van der Waals surface area (Å²) >= 11 is 11.4. The molecule has 2 rings (SSSR count). The molecule has 0 saturated carbocycles. The minimum atomic E-state index is -0.320. The molecule has 0 aliphatic heterocycles. The third-order valence-corrected chi connectivity index (χ3v) is 2.81. The Morgan fingerprint density at radius 3 is 2.82 bits per heavy atom. The van der Waals surface area contributed by atoms with Crippen molar-refractivity contribution in [2.45, 2.75) is 0 Å². The van der Waals surface area contributed by atoms with E-state index in [0.29, 0.717) is 11.4 Å². The van der Waals surface area contributed by atoms with Crippen molar-refractivity contribution < 1.29 is 4.79 Å². The van der Waals surface area contributed by atoms with Gasteiger partial charge in [0.2, 0.25) is 0 Å². The first-order valence-electron chi connectivity index (χ1n) is 4.68. The summed E-state index contributed by atoms with van der Waals surface area (Å²) in [6.45, 7) is 0. The largest absolute Gasteiger partial charge is 0.307 e. The molecule has 0 radical (unpaired) electrons. The summed E-state index contributed by atoms with van der Waals surface area (Å²) in [6.07, 6.45) is 2.95. The summed E-state index contributed by atoms with van der Waals surface area (Å²) in [5, 5.41) is 7.02. The molecule has 2 aromatic heterocycles. The number of hydrogen-bond acceptors (Lipinski definition) is 3. The van der Waals surface area contributed by atoms with Crippen molar-refractivity contribution in [1.82, 2.24) is 14.8 Å². The summed E-state index contributed by atoms with van der Waals surface area (Å²) in [6, 6.07) is 3.14. The molecule has 0 atom stereocenters. The van der Waals surface area contributed by atoms with Crippen LogP contribution in [0.4, 0.5) is 5.82 Å². The van der Waals surface area contributed by atoms with E-state index in [1.165, 1.54) is 12.3 Å². The maximum absolute atomic E-state index is 11.8. The number of carbonyl (C=O) groups is 1. The number of hydrogen-bond donors (Lipinski definition) is 1. The molecule has 0 saturated heterocycles. The lowest BCUT2D eigenvalue weighted by Crippen LogP contribution is -2.14. The Labute approximate surface area is 107 Å². The molecule has 0 fully saturated rings. The Kier molecular flexibility index (Phi) is 3.31. The molecular formula is C10H8Cl2N4O. The van der Waals surface area contributed by atoms with E-state index in [1.54, 1.807) is 24.0 Å². The topological polar surface area (TPSA) is 59.8 Å². The smallest absolute Gasteiger partial charge is 0.258 e. The zero-order chi connectivity index (χ0) is 12.4. The van der Waals surface area contributed by atoms with Gasteiger partial charge in [-0.25, -0.2) is 4.98 Å². The highest BCUT2D eigenvalue weighted by atomic mass is 35.5. The second-order valence-corrected chi connectivity index (χ2v) is 4.06. The number of nitrogens with zero attached hydrogens (tertiary/aromatic N) is 3. The number of nitrogens with one attached hydrogen (secondary N) is 1. The van der Waals surface area contributed by atoms with Crippen molar-refractivity contribution in [1.29, 1.82) is 0 Å². The van der Waals surface area contributed by atoms with Crippen LogP contribution in [0.15, 0.2) is 24.5 Å². The van der Waals surface area contributed by atoms with E-state index in [1.807, 2.05) is 0 Å². The van der Waals surface area contributed by atoms with Crippen molar-refractivity contribution in [3.05, 3.63) is 40.3 Å². The fourth-order valence-corrected chi connectivity index (χ4v) is 1.50. The number of aryl methyl sites for hydroxylation is 1. The normalized spacial score (nSPS) is 10.3. The molecule has 88 valence electrons. The number of carbonyl (C=O) groups excluding carboxylic acids is 1. The first-order valence-corrected chi connectivity index (χ1v) is 5.44. The van der Waals surface area contributed by atoms with Crippen molar-refractivity contribution >= 4 is 34.9 Å².